The zero-order chi connectivity index (χ0) is 20.9. The highest BCUT2D eigenvalue weighted by Gasteiger charge is 2.60. The van der Waals surface area contributed by atoms with Crippen molar-refractivity contribution in [2.75, 3.05) is 19.3 Å². The van der Waals surface area contributed by atoms with Crippen LogP contribution in [0.25, 0.3) is 0 Å². The molecule has 0 saturated carbocycles. The van der Waals surface area contributed by atoms with Gasteiger partial charge in [-0.2, -0.15) is 0 Å². The van der Waals surface area contributed by atoms with Crippen molar-refractivity contribution in [2.24, 2.45) is 0 Å². The molecule has 2 amide bonds. The summed E-state index contributed by atoms with van der Waals surface area (Å²) in [6, 6.07) is 12.5. The smallest absolute Gasteiger partial charge is 0.259 e. The molecule has 1 aromatic carbocycles. The minimum atomic E-state index is -1.06. The fourth-order valence-corrected chi connectivity index (χ4v) is 5.14. The van der Waals surface area contributed by atoms with Gasteiger partial charge in [-0.15, -0.1) is 11.8 Å². The lowest BCUT2D eigenvalue weighted by molar-refractivity contribution is 0.0372. The molecule has 2 aliphatic heterocycles. The van der Waals surface area contributed by atoms with Crippen LogP contribution in [0.2, 0.25) is 5.02 Å². The largest absolute Gasteiger partial charge is 0.306 e. The monoisotopic (exact) mass is 436 g/mol. The number of thioether (sulfide) groups is 1. The zero-order valence-electron chi connectivity index (χ0n) is 16.1. The number of fused-ring (bicyclic) bond motifs is 3. The minimum absolute atomic E-state index is 0.103. The van der Waals surface area contributed by atoms with Crippen molar-refractivity contribution < 1.29 is 9.59 Å². The Morgan fingerprint density at radius 2 is 1.93 bits per heavy atom. The van der Waals surface area contributed by atoms with Gasteiger partial charge in [0.1, 0.15) is 5.03 Å². The molecule has 30 heavy (non-hydrogen) atoms. The van der Waals surface area contributed by atoms with Crippen LogP contribution in [0.1, 0.15) is 31.8 Å². The van der Waals surface area contributed by atoms with Crippen molar-refractivity contribution >= 4 is 35.2 Å². The number of amides is 2. The van der Waals surface area contributed by atoms with E-state index in [1.807, 2.05) is 18.4 Å². The summed E-state index contributed by atoms with van der Waals surface area (Å²) in [7, 11) is 0. The van der Waals surface area contributed by atoms with Gasteiger partial charge in [-0.05, 0) is 36.6 Å². The van der Waals surface area contributed by atoms with Gasteiger partial charge in [0.25, 0.3) is 11.8 Å². The van der Waals surface area contributed by atoms with Crippen molar-refractivity contribution in [2.45, 2.75) is 10.7 Å². The lowest BCUT2D eigenvalue weighted by Crippen LogP contribution is -2.51. The van der Waals surface area contributed by atoms with Crippen LogP contribution in [0, 0.1) is 0 Å². The zero-order valence-corrected chi connectivity index (χ0v) is 17.7. The summed E-state index contributed by atoms with van der Waals surface area (Å²) in [6.07, 6.45) is 6.86. The first kappa shape index (κ1) is 19.1. The van der Waals surface area contributed by atoms with Gasteiger partial charge in [-0.25, -0.2) is 4.98 Å². The highest BCUT2D eigenvalue weighted by Crippen LogP contribution is 2.50. The molecule has 2 aromatic heterocycles. The van der Waals surface area contributed by atoms with Crippen LogP contribution in [-0.4, -0.2) is 50.9 Å². The fraction of sp³-hybridized carbons (Fsp3) is 0.182. The van der Waals surface area contributed by atoms with Crippen LogP contribution in [0.3, 0.4) is 0 Å². The lowest BCUT2D eigenvalue weighted by Gasteiger charge is -2.40. The number of nitrogens with zero attached hydrogens (tertiary/aromatic N) is 4. The highest BCUT2D eigenvalue weighted by atomic mass is 35.5. The fourth-order valence-electron chi connectivity index (χ4n) is 4.47. The number of carbonyl (C=O) groups is 2. The molecule has 1 fully saturated rings. The predicted molar refractivity (Wildman–Crippen MR) is 115 cm³/mol. The molecule has 1 saturated heterocycles. The van der Waals surface area contributed by atoms with E-state index in [9.17, 15) is 9.59 Å². The molecule has 0 radical (unpaired) electrons. The van der Waals surface area contributed by atoms with Crippen LogP contribution in [0.4, 0.5) is 0 Å². The number of halogens is 1. The average molecular weight is 437 g/mol. The Hall–Kier alpha value is -2.90. The quantitative estimate of drug-likeness (QED) is 0.586. The molecule has 0 spiro atoms. The normalized spacial score (nSPS) is 19.7. The van der Waals surface area contributed by atoms with Crippen molar-refractivity contribution in [3.05, 3.63) is 88.3 Å². The Kier molecular flexibility index (Phi) is 4.52. The molecule has 5 rings (SSSR count). The van der Waals surface area contributed by atoms with Gasteiger partial charge in [0.15, 0.2) is 5.66 Å². The number of rotatable bonds is 3. The maximum absolute atomic E-state index is 13.8. The number of hydrogen-bond acceptors (Lipinski definition) is 5. The molecule has 0 bridgehead atoms. The first-order valence-electron chi connectivity index (χ1n) is 9.42. The van der Waals surface area contributed by atoms with Crippen LogP contribution >= 0.6 is 23.4 Å². The van der Waals surface area contributed by atoms with Crippen molar-refractivity contribution in [1.29, 1.82) is 0 Å². The molecular formula is C22H17ClN4O2S. The third-order valence-corrected chi connectivity index (χ3v) is 6.65. The van der Waals surface area contributed by atoms with Gasteiger partial charge in [-0.1, -0.05) is 23.7 Å². The van der Waals surface area contributed by atoms with Gasteiger partial charge in [-0.3, -0.25) is 14.6 Å². The molecule has 4 heterocycles. The maximum Gasteiger partial charge on any atom is 0.259 e. The molecule has 0 aliphatic carbocycles. The van der Waals surface area contributed by atoms with E-state index in [2.05, 4.69) is 9.97 Å². The Balaban J connectivity index is 1.75. The van der Waals surface area contributed by atoms with E-state index < -0.39 is 5.66 Å². The molecule has 8 heteroatoms. The third kappa shape index (κ3) is 2.52. The van der Waals surface area contributed by atoms with Crippen LogP contribution < -0.4 is 0 Å². The number of pyridine rings is 2. The van der Waals surface area contributed by atoms with Gasteiger partial charge in [0.05, 0.1) is 11.1 Å². The van der Waals surface area contributed by atoms with E-state index in [0.717, 1.165) is 5.56 Å². The molecule has 0 N–H and O–H groups in total. The SMILES string of the molecule is CSc1ncccc1C(=O)N1CCN2C(=O)c3ccncc3C21c1ccc(Cl)cc1. The molecular weight excluding hydrogens is 420 g/mol. The second kappa shape index (κ2) is 7.11. The van der Waals surface area contributed by atoms with Gasteiger partial charge in [0.2, 0.25) is 0 Å². The van der Waals surface area contributed by atoms with E-state index in [0.29, 0.717) is 39.8 Å². The minimum Gasteiger partial charge on any atom is -0.306 e. The summed E-state index contributed by atoms with van der Waals surface area (Å²) in [5.41, 5.74) is 1.53. The number of hydrogen-bond donors (Lipinski definition) is 0. The highest BCUT2D eigenvalue weighted by molar-refractivity contribution is 7.98. The number of aromatic nitrogens is 2. The van der Waals surface area contributed by atoms with Gasteiger partial charge < -0.3 is 9.80 Å². The summed E-state index contributed by atoms with van der Waals surface area (Å²) in [5.74, 6) is -0.275. The second-order valence-corrected chi connectivity index (χ2v) is 8.31. The molecule has 3 aromatic rings. The Morgan fingerprint density at radius 1 is 1.13 bits per heavy atom. The molecule has 6 nitrogen and oxygen atoms in total. The van der Waals surface area contributed by atoms with E-state index in [-0.39, 0.29) is 11.8 Å². The standard InChI is InChI=1S/C22H17ClN4O2S/c1-30-19-17(3-2-9-25-19)21(29)27-12-11-26-20(28)16-8-10-24-13-18(16)22(26,27)14-4-6-15(23)7-5-14/h2-10,13H,11-12H2,1H3. The summed E-state index contributed by atoms with van der Waals surface area (Å²) in [5, 5.41) is 1.24. The van der Waals surface area contributed by atoms with E-state index in [1.54, 1.807) is 58.7 Å². The van der Waals surface area contributed by atoms with Crippen LogP contribution in [0.15, 0.2) is 66.1 Å². The number of carbonyl (C=O) groups excluding carboxylic acids is 2. The van der Waals surface area contributed by atoms with E-state index in [1.165, 1.54) is 11.8 Å². The first-order chi connectivity index (χ1) is 14.6. The average Bonchev–Trinajstić information content (AvgIpc) is 3.29. The molecule has 1 atom stereocenters. The van der Waals surface area contributed by atoms with Gasteiger partial charge >= 0.3 is 0 Å². The number of benzene rings is 1. The lowest BCUT2D eigenvalue weighted by atomic mass is 9.90. The Labute approximate surface area is 182 Å². The molecule has 150 valence electrons. The molecule has 2 aliphatic rings. The maximum atomic E-state index is 13.8. The molecule has 1 unspecified atom stereocenters. The predicted octanol–water partition coefficient (Wildman–Crippen LogP) is 3.66. The van der Waals surface area contributed by atoms with Crippen molar-refractivity contribution in [1.82, 2.24) is 19.8 Å². The van der Waals surface area contributed by atoms with Crippen LogP contribution in [0.5, 0.6) is 0 Å². The van der Waals surface area contributed by atoms with E-state index >= 15 is 0 Å². The first-order valence-corrected chi connectivity index (χ1v) is 11.0. The van der Waals surface area contributed by atoms with Gasteiger partial charge in [0, 0.05) is 47.8 Å². The summed E-state index contributed by atoms with van der Waals surface area (Å²) in [6.45, 7) is 0.834. The van der Waals surface area contributed by atoms with Crippen molar-refractivity contribution in [3.8, 4) is 0 Å². The summed E-state index contributed by atoms with van der Waals surface area (Å²) >= 11 is 7.56. The summed E-state index contributed by atoms with van der Waals surface area (Å²) < 4.78 is 0. The van der Waals surface area contributed by atoms with Crippen molar-refractivity contribution in [3.63, 3.8) is 0 Å². The topological polar surface area (TPSA) is 66.4 Å². The Bertz CT molecular complexity index is 1170. The van der Waals surface area contributed by atoms with Crippen LogP contribution in [-0.2, 0) is 5.66 Å². The third-order valence-electron chi connectivity index (χ3n) is 5.69. The second-order valence-electron chi connectivity index (χ2n) is 7.07. The summed E-state index contributed by atoms with van der Waals surface area (Å²) in [4.78, 5) is 39.2. The van der Waals surface area contributed by atoms with E-state index in [4.69, 9.17) is 11.6 Å². The Morgan fingerprint density at radius 3 is 2.70 bits per heavy atom.